The fourth-order valence-electron chi connectivity index (χ4n) is 9.29. The molecular formula is C41H54O23. The third kappa shape index (κ3) is 8.48. The first-order valence-electron chi connectivity index (χ1n) is 20.6. The Morgan fingerprint density at radius 2 is 0.984 bits per heavy atom. The van der Waals surface area contributed by atoms with E-state index in [1.54, 1.807) is 0 Å². The molecule has 3 aromatic rings. The van der Waals surface area contributed by atoms with Gasteiger partial charge in [-0.15, -0.1) is 0 Å². The lowest BCUT2D eigenvalue weighted by Crippen LogP contribution is -2.61. The summed E-state index contributed by atoms with van der Waals surface area (Å²) < 4.78 is 29.8. The highest BCUT2D eigenvalue weighted by Crippen LogP contribution is 2.52. The van der Waals surface area contributed by atoms with Crippen molar-refractivity contribution in [2.75, 3.05) is 26.4 Å². The van der Waals surface area contributed by atoms with E-state index in [2.05, 4.69) is 0 Å². The van der Waals surface area contributed by atoms with Gasteiger partial charge in [0.15, 0.2) is 11.0 Å². The number of fused-ring (bicyclic) bond motifs is 1. The maximum absolute atomic E-state index is 14.0. The lowest BCUT2D eigenvalue weighted by molar-refractivity contribution is -0.275. The predicted octanol–water partition coefficient (Wildman–Crippen LogP) is -5.42. The number of rotatable bonds is 11. The van der Waals surface area contributed by atoms with Crippen LogP contribution < -0.4 is 5.43 Å². The Labute approximate surface area is 362 Å². The van der Waals surface area contributed by atoms with Gasteiger partial charge in [-0.3, -0.25) is 4.79 Å². The van der Waals surface area contributed by atoms with Gasteiger partial charge >= 0.3 is 0 Å². The van der Waals surface area contributed by atoms with Crippen LogP contribution in [0.4, 0.5) is 0 Å². The van der Waals surface area contributed by atoms with Crippen LogP contribution in [0.1, 0.15) is 36.2 Å². The second-order valence-corrected chi connectivity index (χ2v) is 16.8. The number of aromatic hydroxyl groups is 3. The minimum atomic E-state index is -2.23. The summed E-state index contributed by atoms with van der Waals surface area (Å²) in [6, 6.07) is 6.13. The average molecular weight is 915 g/mol. The Kier molecular flexibility index (Phi) is 14.5. The van der Waals surface area contributed by atoms with Crippen molar-refractivity contribution in [1.82, 2.24) is 0 Å². The molecule has 4 unspecified atom stereocenters. The van der Waals surface area contributed by atoms with Crippen molar-refractivity contribution in [2.24, 2.45) is 11.8 Å². The summed E-state index contributed by atoms with van der Waals surface area (Å²) in [6.45, 7) is -3.26. The monoisotopic (exact) mass is 914 g/mol. The van der Waals surface area contributed by atoms with Crippen LogP contribution in [0.3, 0.4) is 0 Å². The number of ether oxygens (including phenoxy) is 4. The van der Waals surface area contributed by atoms with E-state index in [-0.39, 0.29) is 29.9 Å². The van der Waals surface area contributed by atoms with Crippen molar-refractivity contribution in [1.29, 1.82) is 0 Å². The number of aliphatic hydroxyl groups excluding tert-OH is 14. The lowest BCUT2D eigenvalue weighted by atomic mass is 9.80. The molecular weight excluding hydrogens is 860 g/mol. The van der Waals surface area contributed by atoms with Crippen molar-refractivity contribution >= 4 is 11.0 Å². The van der Waals surface area contributed by atoms with Crippen LogP contribution in [-0.4, -0.2) is 211 Å². The first-order chi connectivity index (χ1) is 30.4. The van der Waals surface area contributed by atoms with Gasteiger partial charge < -0.3 is 110 Å². The van der Waals surface area contributed by atoms with Crippen molar-refractivity contribution in [3.8, 4) is 28.6 Å². The van der Waals surface area contributed by atoms with Gasteiger partial charge in [-0.05, 0) is 37.1 Å². The predicted molar refractivity (Wildman–Crippen MR) is 210 cm³/mol. The van der Waals surface area contributed by atoms with E-state index in [1.165, 1.54) is 24.3 Å². The quantitative estimate of drug-likeness (QED) is 0.0853. The van der Waals surface area contributed by atoms with Crippen molar-refractivity contribution in [2.45, 2.75) is 123 Å². The van der Waals surface area contributed by atoms with E-state index in [1.807, 2.05) is 0 Å². The zero-order valence-electron chi connectivity index (χ0n) is 33.7. The summed E-state index contributed by atoms with van der Waals surface area (Å²) in [5, 5.41) is 183. The van der Waals surface area contributed by atoms with E-state index >= 15 is 0 Å². The molecule has 64 heavy (non-hydrogen) atoms. The molecule has 23 heteroatoms. The van der Waals surface area contributed by atoms with Crippen molar-refractivity contribution < 1.29 is 110 Å². The molecule has 17 N–H and O–H groups in total. The van der Waals surface area contributed by atoms with Gasteiger partial charge in [-0.2, -0.15) is 0 Å². The zero-order chi connectivity index (χ0) is 46.6. The molecule has 2 aliphatic carbocycles. The topological polar surface area (TPSA) is 411 Å². The normalized spacial score (nSPS) is 40.7. The minimum Gasteiger partial charge on any atom is -0.508 e. The molecule has 1 aromatic heterocycles. The van der Waals surface area contributed by atoms with Crippen LogP contribution >= 0.6 is 0 Å². The van der Waals surface area contributed by atoms with Crippen molar-refractivity contribution in [3.63, 3.8) is 0 Å². The molecule has 2 aliphatic heterocycles. The zero-order valence-corrected chi connectivity index (χ0v) is 33.7. The summed E-state index contributed by atoms with van der Waals surface area (Å²) in [5.74, 6) is -4.61. The smallest absolute Gasteiger partial charge is 0.197 e. The second kappa shape index (κ2) is 19.3. The van der Waals surface area contributed by atoms with Crippen LogP contribution in [0.5, 0.6) is 17.2 Å². The van der Waals surface area contributed by atoms with E-state index in [9.17, 15) is 91.6 Å². The molecule has 4 aliphatic rings. The number of hydrogen-bond donors (Lipinski definition) is 17. The number of hydrogen-bond acceptors (Lipinski definition) is 23. The third-order valence-electron chi connectivity index (χ3n) is 13.0. The maximum Gasteiger partial charge on any atom is 0.197 e. The third-order valence-corrected chi connectivity index (χ3v) is 13.0. The summed E-state index contributed by atoms with van der Waals surface area (Å²) in [5.41, 5.74) is -3.05. The Bertz CT molecular complexity index is 2130. The van der Waals surface area contributed by atoms with E-state index in [4.69, 9.17) is 23.4 Å². The fraction of sp³-hybridized carbons (Fsp3) is 0.634. The van der Waals surface area contributed by atoms with Gasteiger partial charge in [0, 0.05) is 36.7 Å². The molecule has 0 amide bonds. The molecule has 2 saturated heterocycles. The first-order valence-corrected chi connectivity index (χ1v) is 20.6. The molecule has 356 valence electrons. The molecule has 0 bridgehead atoms. The Balaban J connectivity index is 1.31. The highest BCUT2D eigenvalue weighted by Gasteiger charge is 2.54. The van der Waals surface area contributed by atoms with Crippen LogP contribution in [0, 0.1) is 11.8 Å². The van der Waals surface area contributed by atoms with Crippen LogP contribution in [0.25, 0.3) is 22.3 Å². The van der Waals surface area contributed by atoms with Crippen LogP contribution in [0.2, 0.25) is 0 Å². The Hall–Kier alpha value is -3.67. The van der Waals surface area contributed by atoms with Gasteiger partial charge in [0.25, 0.3) is 0 Å². The van der Waals surface area contributed by atoms with Gasteiger partial charge in [0.1, 0.15) is 114 Å². The van der Waals surface area contributed by atoms with Gasteiger partial charge in [0.2, 0.25) is 0 Å². The van der Waals surface area contributed by atoms with Gasteiger partial charge in [-0.1, -0.05) is 0 Å². The van der Waals surface area contributed by atoms with Crippen LogP contribution in [0.15, 0.2) is 39.5 Å². The highest BCUT2D eigenvalue weighted by molar-refractivity contribution is 5.92. The van der Waals surface area contributed by atoms with Gasteiger partial charge in [0.05, 0.1) is 48.8 Å². The number of benzene rings is 2. The summed E-state index contributed by atoms with van der Waals surface area (Å²) in [4.78, 5) is 14.0. The van der Waals surface area contributed by atoms with E-state index < -0.39 is 187 Å². The molecule has 0 radical (unpaired) electrons. The molecule has 23 nitrogen and oxygen atoms in total. The summed E-state index contributed by atoms with van der Waals surface area (Å²) >= 11 is 0. The molecule has 4 fully saturated rings. The molecule has 2 aromatic carbocycles. The summed E-state index contributed by atoms with van der Waals surface area (Å²) in [7, 11) is 0. The number of aliphatic hydroxyl groups is 14. The SMILES string of the molecule is O=c1cc(-c2ccc(O)cc2)oc2c(C3O[C@H](CO)[C@@H](OC4C[C@H](CO)[C@@H](O)[C@H](O)[C@H]4O)[C@H](O)[C@H]3O)c(O)c(C3O[C@H](CO)[C@@H](OC4C[C@H](CO)[C@@H](O)[C@H](O)[C@H]4O)[C@H](O)[C@H]3O)c(O)c12. The maximum atomic E-state index is 14.0. The van der Waals surface area contributed by atoms with E-state index in [0.29, 0.717) is 0 Å². The van der Waals surface area contributed by atoms with Crippen molar-refractivity contribution in [3.05, 3.63) is 51.7 Å². The number of phenolic OH excluding ortho intramolecular Hbond substituents is 3. The number of phenols is 3. The fourth-order valence-corrected chi connectivity index (χ4v) is 9.29. The van der Waals surface area contributed by atoms with Crippen LogP contribution in [-0.2, 0) is 18.9 Å². The van der Waals surface area contributed by atoms with E-state index in [0.717, 1.165) is 6.07 Å². The minimum absolute atomic E-state index is 0.159. The lowest BCUT2D eigenvalue weighted by Gasteiger charge is -2.47. The average Bonchev–Trinajstić information content (AvgIpc) is 3.28. The molecule has 2 saturated carbocycles. The largest absolute Gasteiger partial charge is 0.508 e. The Morgan fingerprint density at radius 3 is 1.42 bits per heavy atom. The second-order valence-electron chi connectivity index (χ2n) is 16.8. The molecule has 7 rings (SSSR count). The summed E-state index contributed by atoms with van der Waals surface area (Å²) in [6.07, 6.45) is -33.2. The molecule has 3 heterocycles. The first kappa shape index (κ1) is 48.3. The highest BCUT2D eigenvalue weighted by atomic mass is 16.6. The van der Waals surface area contributed by atoms with Gasteiger partial charge in [-0.25, -0.2) is 0 Å². The standard InChI is InChI=1S/C41H54O23/c42-8-13-5-18(27(50)31(54)25(13)48)61-37-20(10-44)63-40(35(58)33(37)56)23-29(52)22-16(47)7-17(12-1-3-15(46)4-2-12)60-39(22)24(30(23)53)41-36(59)34(57)38(21(11-45)64-41)62-19-6-14(9-43)26(49)32(55)28(19)51/h1-4,7,13-14,18-21,25-28,31-38,40-46,48-59H,5-6,8-11H2/t13-,14-,18?,19?,20-,21-,25-,26-,27+,28+,31+,32+,33-,34-,35-,36-,37-,38-,40?,41?/m1/s1. The molecule has 20 atom stereocenters. The Morgan fingerprint density at radius 1 is 0.531 bits per heavy atom. The molecule has 0 spiro atoms.